The minimum Gasteiger partial charge on any atom is -0.371 e. The molecule has 0 saturated carbocycles. The van der Waals surface area contributed by atoms with Gasteiger partial charge in [-0.1, -0.05) is 18.2 Å². The third kappa shape index (κ3) is 4.87. The van der Waals surface area contributed by atoms with Crippen LogP contribution in [0.5, 0.6) is 0 Å². The number of carbonyl (C=O) groups is 2. The van der Waals surface area contributed by atoms with Crippen molar-refractivity contribution in [2.75, 3.05) is 24.5 Å². The van der Waals surface area contributed by atoms with Crippen LogP contribution in [0.1, 0.15) is 26.7 Å². The number of urea groups is 1. The predicted molar refractivity (Wildman–Crippen MR) is 91.2 cm³/mol. The van der Waals surface area contributed by atoms with E-state index in [1.54, 1.807) is 13.8 Å². The molecule has 1 aromatic rings. The zero-order valence-corrected chi connectivity index (χ0v) is 13.8. The monoisotopic (exact) mass is 318 g/mol. The quantitative estimate of drug-likeness (QED) is 0.768. The maximum Gasteiger partial charge on any atom is 0.315 e. The van der Waals surface area contributed by atoms with Gasteiger partial charge in [-0.3, -0.25) is 4.79 Å². The first-order valence-electron chi connectivity index (χ1n) is 8.03. The number of hydrogen-bond donors (Lipinski definition) is 3. The number of primary amides is 1. The van der Waals surface area contributed by atoms with Crippen molar-refractivity contribution in [2.24, 2.45) is 11.1 Å². The molecule has 0 radical (unpaired) electrons. The maximum absolute atomic E-state index is 11.9. The highest BCUT2D eigenvalue weighted by Gasteiger charge is 2.26. The van der Waals surface area contributed by atoms with Gasteiger partial charge in [0.25, 0.3) is 0 Å². The van der Waals surface area contributed by atoms with Crippen molar-refractivity contribution in [3.63, 3.8) is 0 Å². The summed E-state index contributed by atoms with van der Waals surface area (Å²) in [6.07, 6.45) is 1.81. The molecule has 0 spiro atoms. The van der Waals surface area contributed by atoms with Gasteiger partial charge in [-0.2, -0.15) is 0 Å². The van der Waals surface area contributed by atoms with Crippen molar-refractivity contribution in [3.05, 3.63) is 30.3 Å². The largest absolute Gasteiger partial charge is 0.371 e. The average molecular weight is 318 g/mol. The lowest BCUT2D eigenvalue weighted by Gasteiger charge is -2.34. The number of benzene rings is 1. The normalized spacial score (nSPS) is 16.0. The van der Waals surface area contributed by atoms with Gasteiger partial charge in [0, 0.05) is 31.4 Å². The molecular weight excluding hydrogens is 292 g/mol. The van der Waals surface area contributed by atoms with Crippen LogP contribution >= 0.6 is 0 Å². The molecule has 1 aliphatic heterocycles. The van der Waals surface area contributed by atoms with Crippen LogP contribution in [-0.4, -0.2) is 37.6 Å². The summed E-state index contributed by atoms with van der Waals surface area (Å²) in [5.74, 6) is -0.422. The van der Waals surface area contributed by atoms with Crippen LogP contribution in [0.2, 0.25) is 0 Å². The zero-order chi connectivity index (χ0) is 16.9. The second-order valence-corrected chi connectivity index (χ2v) is 6.67. The molecule has 1 aromatic carbocycles. The van der Waals surface area contributed by atoms with Crippen molar-refractivity contribution in [3.8, 4) is 0 Å². The molecule has 2 rings (SSSR count). The number of hydrogen-bond acceptors (Lipinski definition) is 3. The third-order valence-electron chi connectivity index (χ3n) is 4.31. The number of piperidine rings is 1. The Hall–Kier alpha value is -2.24. The van der Waals surface area contributed by atoms with Crippen molar-refractivity contribution in [2.45, 2.75) is 32.7 Å². The van der Waals surface area contributed by atoms with Crippen molar-refractivity contribution in [1.82, 2.24) is 10.6 Å². The van der Waals surface area contributed by atoms with Crippen molar-refractivity contribution in [1.29, 1.82) is 0 Å². The molecule has 23 heavy (non-hydrogen) atoms. The Morgan fingerprint density at radius 1 is 1.22 bits per heavy atom. The lowest BCUT2D eigenvalue weighted by atomic mass is 9.93. The third-order valence-corrected chi connectivity index (χ3v) is 4.31. The van der Waals surface area contributed by atoms with Gasteiger partial charge in [-0.15, -0.1) is 0 Å². The maximum atomic E-state index is 11.9. The number of carbonyl (C=O) groups excluding carboxylic acids is 2. The minimum absolute atomic E-state index is 0.159. The van der Waals surface area contributed by atoms with Gasteiger partial charge in [0.15, 0.2) is 0 Å². The molecule has 6 heteroatoms. The van der Waals surface area contributed by atoms with E-state index in [0.29, 0.717) is 0 Å². The molecule has 0 bridgehead atoms. The fourth-order valence-corrected chi connectivity index (χ4v) is 2.55. The van der Waals surface area contributed by atoms with Crippen molar-refractivity contribution < 1.29 is 9.59 Å². The Kier molecular flexibility index (Phi) is 5.47. The second-order valence-electron chi connectivity index (χ2n) is 6.67. The van der Waals surface area contributed by atoms with E-state index < -0.39 is 11.3 Å². The first-order chi connectivity index (χ1) is 10.9. The molecule has 0 atom stereocenters. The lowest BCUT2D eigenvalue weighted by Crippen LogP contribution is -2.50. The number of nitrogens with two attached hydrogens (primary N) is 1. The van der Waals surface area contributed by atoms with E-state index >= 15 is 0 Å². The molecule has 0 unspecified atom stereocenters. The second kappa shape index (κ2) is 7.35. The summed E-state index contributed by atoms with van der Waals surface area (Å²) in [5.41, 5.74) is 5.77. The van der Waals surface area contributed by atoms with Crippen LogP contribution in [-0.2, 0) is 4.79 Å². The summed E-state index contributed by atoms with van der Waals surface area (Å²) >= 11 is 0. The Morgan fingerprint density at radius 3 is 2.39 bits per heavy atom. The number of rotatable bonds is 5. The van der Waals surface area contributed by atoms with Crippen LogP contribution in [0.4, 0.5) is 10.5 Å². The van der Waals surface area contributed by atoms with Gasteiger partial charge in [0.05, 0.1) is 5.41 Å². The van der Waals surface area contributed by atoms with Gasteiger partial charge in [-0.05, 0) is 38.8 Å². The van der Waals surface area contributed by atoms with E-state index in [1.807, 2.05) is 18.2 Å². The number of para-hydroxylation sites is 1. The summed E-state index contributed by atoms with van der Waals surface area (Å²) < 4.78 is 0. The topological polar surface area (TPSA) is 87.5 Å². The molecule has 0 aliphatic carbocycles. The predicted octanol–water partition coefficient (Wildman–Crippen LogP) is 1.47. The molecule has 126 valence electrons. The number of amides is 3. The number of nitrogens with zero attached hydrogens (tertiary/aromatic N) is 1. The van der Waals surface area contributed by atoms with Gasteiger partial charge < -0.3 is 21.3 Å². The molecule has 6 nitrogen and oxygen atoms in total. The van der Waals surface area contributed by atoms with Crippen molar-refractivity contribution >= 4 is 17.6 Å². The first kappa shape index (κ1) is 17.1. The number of nitrogens with one attached hydrogen (secondary N) is 2. The molecule has 4 N–H and O–H groups in total. The van der Waals surface area contributed by atoms with E-state index in [0.717, 1.165) is 25.9 Å². The van der Waals surface area contributed by atoms with E-state index in [4.69, 9.17) is 5.73 Å². The molecule has 1 saturated heterocycles. The van der Waals surface area contributed by atoms with Crippen LogP contribution in [0.15, 0.2) is 30.3 Å². The summed E-state index contributed by atoms with van der Waals surface area (Å²) in [6.45, 7) is 5.50. The SMILES string of the molecule is CC(C)(CNC(=O)NC1CCN(c2ccccc2)CC1)C(N)=O. The Labute approximate surface area is 137 Å². The lowest BCUT2D eigenvalue weighted by molar-refractivity contribution is -0.125. The fourth-order valence-electron chi connectivity index (χ4n) is 2.55. The smallest absolute Gasteiger partial charge is 0.315 e. The van der Waals surface area contributed by atoms with E-state index in [9.17, 15) is 9.59 Å². The Morgan fingerprint density at radius 2 is 1.83 bits per heavy atom. The molecular formula is C17H26N4O2. The zero-order valence-electron chi connectivity index (χ0n) is 13.8. The van der Waals surface area contributed by atoms with E-state index in [-0.39, 0.29) is 18.6 Å². The highest BCUT2D eigenvalue weighted by atomic mass is 16.2. The molecule has 1 fully saturated rings. The Balaban J connectivity index is 1.74. The van der Waals surface area contributed by atoms with E-state index in [2.05, 4.69) is 27.7 Å². The Bertz CT molecular complexity index is 537. The molecule has 1 heterocycles. The van der Waals surface area contributed by atoms with Crippen LogP contribution in [0, 0.1) is 5.41 Å². The molecule has 1 aliphatic rings. The summed E-state index contributed by atoms with van der Waals surface area (Å²) in [7, 11) is 0. The standard InChI is InChI=1S/C17H26N4O2/c1-17(2,15(18)22)12-19-16(23)20-13-8-10-21(11-9-13)14-6-4-3-5-7-14/h3-7,13H,8-12H2,1-2H3,(H2,18,22)(H2,19,20,23). The van der Waals surface area contributed by atoms with Gasteiger partial charge in [0.2, 0.25) is 5.91 Å². The summed E-state index contributed by atoms with van der Waals surface area (Å²) in [5, 5.41) is 5.70. The van der Waals surface area contributed by atoms with Crippen LogP contribution in [0.3, 0.4) is 0 Å². The average Bonchev–Trinajstić information content (AvgIpc) is 2.54. The summed E-state index contributed by atoms with van der Waals surface area (Å²) in [4.78, 5) is 25.5. The highest BCUT2D eigenvalue weighted by Crippen LogP contribution is 2.19. The highest BCUT2D eigenvalue weighted by molar-refractivity contribution is 5.81. The van der Waals surface area contributed by atoms with Gasteiger partial charge in [0.1, 0.15) is 0 Å². The first-order valence-corrected chi connectivity index (χ1v) is 8.03. The van der Waals surface area contributed by atoms with Gasteiger partial charge >= 0.3 is 6.03 Å². The molecule has 3 amide bonds. The van der Waals surface area contributed by atoms with Gasteiger partial charge in [-0.25, -0.2) is 4.79 Å². The number of anilines is 1. The summed E-state index contributed by atoms with van der Waals surface area (Å²) in [6, 6.07) is 10.2. The molecule has 0 aromatic heterocycles. The minimum atomic E-state index is -0.742. The van der Waals surface area contributed by atoms with Crippen LogP contribution in [0.25, 0.3) is 0 Å². The van der Waals surface area contributed by atoms with E-state index in [1.165, 1.54) is 5.69 Å². The van der Waals surface area contributed by atoms with Crippen LogP contribution < -0.4 is 21.3 Å². The fraction of sp³-hybridized carbons (Fsp3) is 0.529.